The van der Waals surface area contributed by atoms with Gasteiger partial charge in [-0.25, -0.2) is 0 Å². The van der Waals surface area contributed by atoms with E-state index in [1.807, 2.05) is 4.90 Å². The summed E-state index contributed by atoms with van der Waals surface area (Å²) in [5, 5.41) is 4.00. The van der Waals surface area contributed by atoms with Crippen molar-refractivity contribution in [2.45, 2.75) is 45.3 Å². The van der Waals surface area contributed by atoms with E-state index in [1.165, 1.54) is 25.7 Å². The number of ether oxygens (including phenoxy) is 2. The van der Waals surface area contributed by atoms with Crippen molar-refractivity contribution < 1.29 is 27.6 Å². The molecule has 2 aromatic rings. The smallest absolute Gasteiger partial charge is 0.387 e. The van der Waals surface area contributed by atoms with Gasteiger partial charge in [0.1, 0.15) is 0 Å². The van der Waals surface area contributed by atoms with Gasteiger partial charge in [0.15, 0.2) is 11.5 Å². The number of piperazine rings is 1. The van der Waals surface area contributed by atoms with Gasteiger partial charge in [-0.3, -0.25) is 9.69 Å². The summed E-state index contributed by atoms with van der Waals surface area (Å²) in [5.41, 5.74) is 0.571. The third-order valence-electron chi connectivity index (χ3n) is 6.10. The van der Waals surface area contributed by atoms with Gasteiger partial charge in [0.25, 0.3) is 0 Å². The molecule has 8 nitrogen and oxygen atoms in total. The molecule has 0 radical (unpaired) electrons. The lowest BCUT2D eigenvalue weighted by atomic mass is 9.88. The highest BCUT2D eigenvalue weighted by molar-refractivity contribution is 5.79. The summed E-state index contributed by atoms with van der Waals surface area (Å²) in [4.78, 5) is 21.3. The van der Waals surface area contributed by atoms with Crippen LogP contribution in [-0.2, 0) is 11.3 Å². The normalized spacial score (nSPS) is 18.2. The van der Waals surface area contributed by atoms with Crippen LogP contribution in [0.25, 0.3) is 11.4 Å². The summed E-state index contributed by atoms with van der Waals surface area (Å²) in [6, 6.07) is 4.49. The Kier molecular flexibility index (Phi) is 7.19. The molecule has 1 amide bonds. The Bertz CT molecular complexity index is 909. The van der Waals surface area contributed by atoms with Crippen LogP contribution in [0.1, 0.15) is 38.0 Å². The van der Waals surface area contributed by atoms with Gasteiger partial charge in [-0.05, 0) is 31.0 Å². The molecule has 1 aromatic carbocycles. The van der Waals surface area contributed by atoms with Crippen molar-refractivity contribution in [2.24, 2.45) is 5.92 Å². The number of rotatable bonds is 7. The predicted molar refractivity (Wildman–Crippen MR) is 111 cm³/mol. The molecule has 0 bridgehead atoms. The zero-order valence-corrected chi connectivity index (χ0v) is 18.1. The lowest BCUT2D eigenvalue weighted by Gasteiger charge is -2.36. The average molecular weight is 450 g/mol. The first-order valence-electron chi connectivity index (χ1n) is 11.0. The van der Waals surface area contributed by atoms with Crippen LogP contribution in [-0.4, -0.2) is 65.7 Å². The van der Waals surface area contributed by atoms with E-state index in [1.54, 1.807) is 6.07 Å². The third-order valence-corrected chi connectivity index (χ3v) is 6.10. The molecule has 10 heteroatoms. The number of hydrogen-bond acceptors (Lipinski definition) is 7. The molecule has 2 fully saturated rings. The maximum atomic E-state index is 12.7. The third kappa shape index (κ3) is 5.35. The fraction of sp³-hybridized carbons (Fsp3) is 0.591. The average Bonchev–Trinajstić information content (AvgIpc) is 3.28. The fourth-order valence-corrected chi connectivity index (χ4v) is 4.36. The van der Waals surface area contributed by atoms with E-state index in [4.69, 9.17) is 9.26 Å². The first kappa shape index (κ1) is 22.4. The van der Waals surface area contributed by atoms with Crippen molar-refractivity contribution in [1.29, 1.82) is 0 Å². The number of amides is 1. The lowest BCUT2D eigenvalue weighted by Crippen LogP contribution is -2.50. The lowest BCUT2D eigenvalue weighted by molar-refractivity contribution is -0.138. The number of alkyl halides is 2. The van der Waals surface area contributed by atoms with Gasteiger partial charge in [-0.15, -0.1) is 0 Å². The Morgan fingerprint density at radius 2 is 1.91 bits per heavy atom. The molecule has 1 aromatic heterocycles. The largest absolute Gasteiger partial charge is 0.493 e. The van der Waals surface area contributed by atoms with E-state index in [9.17, 15) is 13.6 Å². The first-order chi connectivity index (χ1) is 15.5. The Labute approximate surface area is 185 Å². The van der Waals surface area contributed by atoms with Gasteiger partial charge in [-0.1, -0.05) is 24.4 Å². The number of halogens is 2. The predicted octanol–water partition coefficient (Wildman–Crippen LogP) is 3.57. The maximum Gasteiger partial charge on any atom is 0.387 e. The van der Waals surface area contributed by atoms with Crippen molar-refractivity contribution in [2.75, 3.05) is 33.3 Å². The summed E-state index contributed by atoms with van der Waals surface area (Å²) in [6.45, 7) is 0.471. The molecule has 1 saturated carbocycles. The van der Waals surface area contributed by atoms with Crippen LogP contribution in [0.3, 0.4) is 0 Å². The Hall–Kier alpha value is -2.75. The van der Waals surface area contributed by atoms with E-state index in [-0.39, 0.29) is 17.4 Å². The number of benzene rings is 1. The standard InChI is InChI=1S/C22H28F2N4O4/c1-30-18-13-16(7-8-17(18)31-22(23)24)20-25-19(32-26-20)14-27-9-11-28(12-10-27)21(29)15-5-3-2-4-6-15/h7-8,13,15,22H,2-6,9-12,14H2,1H3. The minimum Gasteiger partial charge on any atom is -0.493 e. The van der Waals surface area contributed by atoms with Crippen molar-refractivity contribution >= 4 is 5.91 Å². The monoisotopic (exact) mass is 450 g/mol. The summed E-state index contributed by atoms with van der Waals surface area (Å²) in [6.07, 6.45) is 5.59. The molecule has 0 atom stereocenters. The highest BCUT2D eigenvalue weighted by Crippen LogP contribution is 2.32. The number of nitrogens with zero attached hydrogens (tertiary/aromatic N) is 4. The van der Waals surface area contributed by atoms with Gasteiger partial charge >= 0.3 is 6.61 Å². The van der Waals surface area contributed by atoms with E-state index < -0.39 is 6.61 Å². The highest BCUT2D eigenvalue weighted by atomic mass is 19.3. The highest BCUT2D eigenvalue weighted by Gasteiger charge is 2.29. The van der Waals surface area contributed by atoms with Crippen molar-refractivity contribution in [3.8, 4) is 22.9 Å². The fourth-order valence-electron chi connectivity index (χ4n) is 4.36. The molecule has 2 heterocycles. The van der Waals surface area contributed by atoms with Crippen LogP contribution >= 0.6 is 0 Å². The van der Waals surface area contributed by atoms with E-state index in [2.05, 4.69) is 19.8 Å². The minimum atomic E-state index is -2.94. The van der Waals surface area contributed by atoms with Gasteiger partial charge in [-0.2, -0.15) is 13.8 Å². The molecule has 1 aliphatic carbocycles. The second-order valence-electron chi connectivity index (χ2n) is 8.19. The molecule has 0 N–H and O–H groups in total. The molecule has 0 spiro atoms. The van der Waals surface area contributed by atoms with Crippen LogP contribution in [0, 0.1) is 5.92 Å². The number of hydrogen-bond donors (Lipinski definition) is 0. The Morgan fingerprint density at radius 1 is 1.16 bits per heavy atom. The molecule has 32 heavy (non-hydrogen) atoms. The molecule has 174 valence electrons. The molecule has 2 aliphatic rings. The Morgan fingerprint density at radius 3 is 2.59 bits per heavy atom. The second-order valence-corrected chi connectivity index (χ2v) is 8.19. The summed E-state index contributed by atoms with van der Waals surface area (Å²) >= 11 is 0. The SMILES string of the molecule is COc1cc(-c2noc(CN3CCN(C(=O)C4CCCCC4)CC3)n2)ccc1OC(F)F. The van der Waals surface area contributed by atoms with Gasteiger partial charge in [0, 0.05) is 37.7 Å². The number of carbonyl (C=O) groups excluding carboxylic acids is 1. The second kappa shape index (κ2) is 10.2. The van der Waals surface area contributed by atoms with Crippen molar-refractivity contribution in [3.05, 3.63) is 24.1 Å². The topological polar surface area (TPSA) is 80.9 Å². The van der Waals surface area contributed by atoms with Crippen LogP contribution in [0.5, 0.6) is 11.5 Å². The van der Waals surface area contributed by atoms with E-state index in [0.717, 1.165) is 38.8 Å². The minimum absolute atomic E-state index is 0.0596. The van der Waals surface area contributed by atoms with Gasteiger partial charge in [0.05, 0.1) is 13.7 Å². The van der Waals surface area contributed by atoms with Crippen molar-refractivity contribution in [3.63, 3.8) is 0 Å². The number of carbonyl (C=O) groups is 1. The van der Waals surface area contributed by atoms with Gasteiger partial charge < -0.3 is 18.9 Å². The van der Waals surface area contributed by atoms with Crippen LogP contribution in [0.15, 0.2) is 22.7 Å². The summed E-state index contributed by atoms with van der Waals surface area (Å²) in [5.74, 6) is 1.40. The molecular weight excluding hydrogens is 422 g/mol. The number of aromatic nitrogens is 2. The first-order valence-corrected chi connectivity index (χ1v) is 11.0. The summed E-state index contributed by atoms with van der Waals surface area (Å²) < 4.78 is 40.0. The summed E-state index contributed by atoms with van der Waals surface area (Å²) in [7, 11) is 1.37. The Balaban J connectivity index is 1.32. The quantitative estimate of drug-likeness (QED) is 0.638. The molecular formula is C22H28F2N4O4. The van der Waals surface area contributed by atoms with E-state index in [0.29, 0.717) is 42.8 Å². The molecule has 0 unspecified atom stereocenters. The van der Waals surface area contributed by atoms with Crippen LogP contribution < -0.4 is 9.47 Å². The van der Waals surface area contributed by atoms with E-state index >= 15 is 0 Å². The zero-order chi connectivity index (χ0) is 22.5. The molecule has 1 aliphatic heterocycles. The maximum absolute atomic E-state index is 12.7. The molecule has 1 saturated heterocycles. The number of methoxy groups -OCH3 is 1. The van der Waals surface area contributed by atoms with Crippen molar-refractivity contribution in [1.82, 2.24) is 19.9 Å². The van der Waals surface area contributed by atoms with Crippen LogP contribution in [0.4, 0.5) is 8.78 Å². The van der Waals surface area contributed by atoms with Crippen LogP contribution in [0.2, 0.25) is 0 Å². The zero-order valence-electron chi connectivity index (χ0n) is 18.1. The van der Waals surface area contributed by atoms with Gasteiger partial charge in [0.2, 0.25) is 17.6 Å². The molecule has 4 rings (SSSR count).